The van der Waals surface area contributed by atoms with Crippen molar-refractivity contribution in [1.82, 2.24) is 15.0 Å². The smallest absolute Gasteiger partial charge is 0.123 e. The number of phenolic OH excluding ortho intramolecular Hbond substituents is 1. The van der Waals surface area contributed by atoms with E-state index in [-0.39, 0.29) is 5.75 Å². The van der Waals surface area contributed by atoms with E-state index >= 15 is 0 Å². The van der Waals surface area contributed by atoms with Crippen LogP contribution < -0.4 is 0 Å². The van der Waals surface area contributed by atoms with E-state index < -0.39 is 0 Å². The molecule has 4 nitrogen and oxygen atoms in total. The van der Waals surface area contributed by atoms with Crippen molar-refractivity contribution in [2.45, 2.75) is 13.5 Å². The lowest BCUT2D eigenvalue weighted by molar-refractivity contribution is 0.477. The number of aryl methyl sites for hydroxylation is 1. The van der Waals surface area contributed by atoms with Crippen LogP contribution in [-0.2, 0) is 6.54 Å². The van der Waals surface area contributed by atoms with Gasteiger partial charge in [0.15, 0.2) is 0 Å². The first kappa shape index (κ1) is 10.8. The van der Waals surface area contributed by atoms with Gasteiger partial charge >= 0.3 is 0 Å². The Morgan fingerprint density at radius 3 is 2.56 bits per heavy atom. The van der Waals surface area contributed by atoms with Gasteiger partial charge in [-0.2, -0.15) is 15.0 Å². The summed E-state index contributed by atoms with van der Waals surface area (Å²) in [6.07, 6.45) is 0. The standard InChI is InChI=1S/C14H13N3O/c1-2-17-15-12-8-5-7-11(14(12)16-17)10-6-3-4-9-13(10)18/h3-9,18H,2H2,1H3. The molecule has 0 unspecified atom stereocenters. The van der Waals surface area contributed by atoms with Crippen LogP contribution in [0.5, 0.6) is 5.75 Å². The second kappa shape index (κ2) is 4.14. The fraction of sp³-hybridized carbons (Fsp3) is 0.143. The Morgan fingerprint density at radius 1 is 1.00 bits per heavy atom. The molecule has 1 heterocycles. The summed E-state index contributed by atoms with van der Waals surface area (Å²) in [5.41, 5.74) is 3.36. The maximum atomic E-state index is 9.93. The monoisotopic (exact) mass is 239 g/mol. The summed E-state index contributed by atoms with van der Waals surface area (Å²) in [6.45, 7) is 2.73. The summed E-state index contributed by atoms with van der Waals surface area (Å²) in [7, 11) is 0. The Hall–Kier alpha value is -2.36. The Balaban J connectivity index is 2.29. The maximum Gasteiger partial charge on any atom is 0.123 e. The first-order valence-corrected chi connectivity index (χ1v) is 5.92. The molecule has 0 bridgehead atoms. The number of phenols is 1. The predicted molar refractivity (Wildman–Crippen MR) is 70.3 cm³/mol. The topological polar surface area (TPSA) is 50.9 Å². The first-order valence-electron chi connectivity index (χ1n) is 5.92. The number of aromatic hydroxyl groups is 1. The number of rotatable bonds is 2. The van der Waals surface area contributed by atoms with Gasteiger partial charge in [-0.15, -0.1) is 0 Å². The number of nitrogens with zero attached hydrogens (tertiary/aromatic N) is 3. The molecule has 18 heavy (non-hydrogen) atoms. The van der Waals surface area contributed by atoms with Crippen molar-refractivity contribution in [2.75, 3.05) is 0 Å². The summed E-state index contributed by atoms with van der Waals surface area (Å²) < 4.78 is 0. The van der Waals surface area contributed by atoms with E-state index in [4.69, 9.17) is 0 Å². The van der Waals surface area contributed by atoms with Gasteiger partial charge in [-0.1, -0.05) is 30.3 Å². The molecule has 0 amide bonds. The lowest BCUT2D eigenvalue weighted by Gasteiger charge is -2.04. The normalized spacial score (nSPS) is 10.9. The summed E-state index contributed by atoms with van der Waals surface area (Å²) in [5, 5.41) is 18.7. The second-order valence-corrected chi connectivity index (χ2v) is 4.08. The molecule has 0 fully saturated rings. The van der Waals surface area contributed by atoms with Crippen molar-refractivity contribution in [3.63, 3.8) is 0 Å². The van der Waals surface area contributed by atoms with Gasteiger partial charge in [0.1, 0.15) is 16.8 Å². The van der Waals surface area contributed by atoms with Gasteiger partial charge in [-0.3, -0.25) is 0 Å². The zero-order chi connectivity index (χ0) is 12.5. The van der Waals surface area contributed by atoms with Gasteiger partial charge in [0.25, 0.3) is 0 Å². The van der Waals surface area contributed by atoms with E-state index in [0.717, 1.165) is 28.7 Å². The number of aromatic nitrogens is 3. The molecule has 0 aliphatic carbocycles. The molecule has 3 aromatic rings. The van der Waals surface area contributed by atoms with Crippen LogP contribution in [0.15, 0.2) is 42.5 Å². The average Bonchev–Trinajstić information content (AvgIpc) is 2.82. The van der Waals surface area contributed by atoms with E-state index in [1.807, 2.05) is 43.3 Å². The Morgan fingerprint density at radius 2 is 1.78 bits per heavy atom. The highest BCUT2D eigenvalue weighted by atomic mass is 16.3. The molecule has 1 aromatic heterocycles. The minimum Gasteiger partial charge on any atom is -0.507 e. The minimum absolute atomic E-state index is 0.260. The molecule has 0 aliphatic heterocycles. The third-order valence-electron chi connectivity index (χ3n) is 2.93. The van der Waals surface area contributed by atoms with Crippen LogP contribution in [0, 0.1) is 0 Å². The van der Waals surface area contributed by atoms with Crippen LogP contribution in [-0.4, -0.2) is 20.1 Å². The minimum atomic E-state index is 0.260. The van der Waals surface area contributed by atoms with Crippen LogP contribution in [0.3, 0.4) is 0 Å². The van der Waals surface area contributed by atoms with E-state index in [2.05, 4.69) is 10.2 Å². The summed E-state index contributed by atoms with van der Waals surface area (Å²) >= 11 is 0. The van der Waals surface area contributed by atoms with Gasteiger partial charge in [0, 0.05) is 11.1 Å². The summed E-state index contributed by atoms with van der Waals surface area (Å²) in [6, 6.07) is 13.1. The van der Waals surface area contributed by atoms with Gasteiger partial charge in [-0.25, -0.2) is 0 Å². The predicted octanol–water partition coefficient (Wildman–Crippen LogP) is 2.82. The summed E-state index contributed by atoms with van der Waals surface area (Å²) in [5.74, 6) is 0.260. The largest absolute Gasteiger partial charge is 0.507 e. The Kier molecular flexibility index (Phi) is 2.48. The van der Waals surface area contributed by atoms with E-state index in [1.54, 1.807) is 10.9 Å². The quantitative estimate of drug-likeness (QED) is 0.748. The number of para-hydroxylation sites is 1. The molecule has 2 aromatic carbocycles. The van der Waals surface area contributed by atoms with Crippen molar-refractivity contribution in [2.24, 2.45) is 0 Å². The van der Waals surface area contributed by atoms with Crippen molar-refractivity contribution < 1.29 is 5.11 Å². The van der Waals surface area contributed by atoms with E-state index in [9.17, 15) is 5.11 Å². The first-order chi connectivity index (χ1) is 8.79. The Bertz CT molecular complexity index is 703. The van der Waals surface area contributed by atoms with E-state index in [1.165, 1.54) is 0 Å². The van der Waals surface area contributed by atoms with E-state index in [0.29, 0.717) is 0 Å². The highest BCUT2D eigenvalue weighted by Gasteiger charge is 2.11. The molecule has 0 spiro atoms. The molecule has 0 radical (unpaired) electrons. The van der Waals surface area contributed by atoms with Crippen molar-refractivity contribution >= 4 is 11.0 Å². The number of hydrogen-bond acceptors (Lipinski definition) is 3. The maximum absolute atomic E-state index is 9.93. The molecule has 4 heteroatoms. The van der Waals surface area contributed by atoms with Crippen LogP contribution >= 0.6 is 0 Å². The highest BCUT2D eigenvalue weighted by Crippen LogP contribution is 2.32. The average molecular weight is 239 g/mol. The van der Waals surface area contributed by atoms with Gasteiger partial charge in [-0.05, 0) is 19.1 Å². The van der Waals surface area contributed by atoms with Crippen LogP contribution in [0.1, 0.15) is 6.92 Å². The lowest BCUT2D eigenvalue weighted by Crippen LogP contribution is -1.97. The highest BCUT2D eigenvalue weighted by molar-refractivity contribution is 5.92. The zero-order valence-corrected chi connectivity index (χ0v) is 10.0. The molecule has 90 valence electrons. The zero-order valence-electron chi connectivity index (χ0n) is 10.0. The number of fused-ring (bicyclic) bond motifs is 1. The molecule has 0 aliphatic rings. The van der Waals surface area contributed by atoms with Gasteiger partial charge in [0.05, 0.1) is 6.54 Å². The Labute approximate surface area is 104 Å². The fourth-order valence-electron chi connectivity index (χ4n) is 2.04. The third-order valence-corrected chi connectivity index (χ3v) is 2.93. The van der Waals surface area contributed by atoms with Gasteiger partial charge in [0.2, 0.25) is 0 Å². The number of hydrogen-bond donors (Lipinski definition) is 1. The van der Waals surface area contributed by atoms with Crippen LogP contribution in [0.25, 0.3) is 22.2 Å². The lowest BCUT2D eigenvalue weighted by atomic mass is 10.0. The van der Waals surface area contributed by atoms with Crippen LogP contribution in [0.4, 0.5) is 0 Å². The molecule has 0 saturated heterocycles. The van der Waals surface area contributed by atoms with Crippen LogP contribution in [0.2, 0.25) is 0 Å². The number of benzene rings is 2. The molecular formula is C14H13N3O. The fourth-order valence-corrected chi connectivity index (χ4v) is 2.04. The SMILES string of the molecule is CCn1nc2cccc(-c3ccccc3O)c2n1. The van der Waals surface area contributed by atoms with Crippen molar-refractivity contribution in [3.8, 4) is 16.9 Å². The third kappa shape index (κ3) is 1.62. The molecular weight excluding hydrogens is 226 g/mol. The molecule has 3 rings (SSSR count). The summed E-state index contributed by atoms with van der Waals surface area (Å²) in [4.78, 5) is 1.66. The molecule has 0 saturated carbocycles. The van der Waals surface area contributed by atoms with Crippen molar-refractivity contribution in [3.05, 3.63) is 42.5 Å². The molecule has 0 atom stereocenters. The second-order valence-electron chi connectivity index (χ2n) is 4.08. The van der Waals surface area contributed by atoms with Crippen molar-refractivity contribution in [1.29, 1.82) is 0 Å². The van der Waals surface area contributed by atoms with Gasteiger partial charge < -0.3 is 5.11 Å². The molecule has 1 N–H and O–H groups in total.